The predicted molar refractivity (Wildman–Crippen MR) is 72.7 cm³/mol. The number of nitrogens with two attached hydrogens (primary N) is 1. The number of hydrogen-bond donors (Lipinski definition) is 2. The van der Waals surface area contributed by atoms with Crippen molar-refractivity contribution < 1.29 is 14.6 Å². The minimum atomic E-state index is -1.33. The molecule has 0 aliphatic heterocycles. The molecule has 2 atom stereocenters. The van der Waals surface area contributed by atoms with Crippen molar-refractivity contribution in [2.75, 3.05) is 7.11 Å². The average Bonchev–Trinajstić information content (AvgIpc) is 2.99. The molecule has 3 N–H and O–H groups in total. The Hall–Kier alpha value is -1.23. The van der Waals surface area contributed by atoms with Gasteiger partial charge in [-0.2, -0.15) is 0 Å². The maximum absolute atomic E-state index is 11.1. The van der Waals surface area contributed by atoms with Crippen LogP contribution in [0.1, 0.15) is 41.6 Å². The van der Waals surface area contributed by atoms with Crippen LogP contribution in [-0.4, -0.2) is 24.6 Å². The molecule has 1 aliphatic carbocycles. The van der Waals surface area contributed by atoms with Crippen LogP contribution < -0.4 is 5.73 Å². The van der Waals surface area contributed by atoms with Crippen molar-refractivity contribution >= 4 is 6.29 Å². The maximum Gasteiger partial charge on any atom is 0.169 e. The van der Waals surface area contributed by atoms with E-state index in [9.17, 15) is 9.90 Å². The third-order valence-corrected chi connectivity index (χ3v) is 4.13. The van der Waals surface area contributed by atoms with Crippen LogP contribution in [0.25, 0.3) is 0 Å². The fourth-order valence-corrected chi connectivity index (χ4v) is 2.97. The number of carbonyl (C=O) groups excluding carboxylic acids is 1. The van der Waals surface area contributed by atoms with Crippen molar-refractivity contribution in [1.82, 2.24) is 0 Å². The second kappa shape index (κ2) is 5.82. The Morgan fingerprint density at radius 3 is 2.63 bits per heavy atom. The SMILES string of the molecule is CO[C@@](N)(c1ccccc1C=O)[C@@H](O)C1CCCC1. The molecular formula is C15H21NO3. The Kier molecular flexibility index (Phi) is 4.34. The second-order valence-corrected chi connectivity index (χ2v) is 5.19. The molecule has 4 nitrogen and oxygen atoms in total. The van der Waals surface area contributed by atoms with Crippen molar-refractivity contribution in [3.63, 3.8) is 0 Å². The summed E-state index contributed by atoms with van der Waals surface area (Å²) < 4.78 is 5.41. The number of methoxy groups -OCH3 is 1. The van der Waals surface area contributed by atoms with E-state index in [1.54, 1.807) is 24.3 Å². The molecular weight excluding hydrogens is 242 g/mol. The summed E-state index contributed by atoms with van der Waals surface area (Å²) in [6.45, 7) is 0. The van der Waals surface area contributed by atoms with Gasteiger partial charge in [-0.3, -0.25) is 10.5 Å². The lowest BCUT2D eigenvalue weighted by Crippen LogP contribution is -2.52. The van der Waals surface area contributed by atoms with E-state index < -0.39 is 11.8 Å². The van der Waals surface area contributed by atoms with Crippen molar-refractivity contribution in [2.45, 2.75) is 37.5 Å². The van der Waals surface area contributed by atoms with Gasteiger partial charge in [0.2, 0.25) is 0 Å². The monoisotopic (exact) mass is 263 g/mol. The molecule has 1 fully saturated rings. The van der Waals surface area contributed by atoms with Crippen molar-refractivity contribution in [3.05, 3.63) is 35.4 Å². The lowest BCUT2D eigenvalue weighted by Gasteiger charge is -2.37. The van der Waals surface area contributed by atoms with Crippen molar-refractivity contribution in [2.24, 2.45) is 11.7 Å². The zero-order chi connectivity index (χ0) is 13.9. The molecule has 0 amide bonds. The van der Waals surface area contributed by atoms with Crippen LogP contribution in [0.15, 0.2) is 24.3 Å². The van der Waals surface area contributed by atoms with Gasteiger partial charge in [-0.05, 0) is 18.8 Å². The van der Waals surface area contributed by atoms with Crippen LogP contribution in [0, 0.1) is 5.92 Å². The molecule has 19 heavy (non-hydrogen) atoms. The number of aliphatic hydroxyl groups excluding tert-OH is 1. The molecule has 0 spiro atoms. The molecule has 1 aromatic rings. The fraction of sp³-hybridized carbons (Fsp3) is 0.533. The smallest absolute Gasteiger partial charge is 0.169 e. The van der Waals surface area contributed by atoms with Gasteiger partial charge in [0, 0.05) is 18.2 Å². The van der Waals surface area contributed by atoms with E-state index in [0.29, 0.717) is 11.1 Å². The number of carbonyl (C=O) groups is 1. The van der Waals surface area contributed by atoms with Gasteiger partial charge in [0.25, 0.3) is 0 Å². The molecule has 0 unspecified atom stereocenters. The molecule has 4 heteroatoms. The molecule has 104 valence electrons. The summed E-state index contributed by atoms with van der Waals surface area (Å²) in [5.74, 6) is 0.129. The molecule has 0 aromatic heterocycles. The minimum Gasteiger partial charge on any atom is -0.388 e. The Morgan fingerprint density at radius 1 is 1.42 bits per heavy atom. The zero-order valence-electron chi connectivity index (χ0n) is 11.2. The number of ether oxygens (including phenoxy) is 1. The first kappa shape index (κ1) is 14.2. The van der Waals surface area contributed by atoms with E-state index in [0.717, 1.165) is 32.0 Å². The lowest BCUT2D eigenvalue weighted by atomic mass is 9.85. The molecule has 1 aliphatic rings. The van der Waals surface area contributed by atoms with Crippen LogP contribution in [0.2, 0.25) is 0 Å². The fourth-order valence-electron chi connectivity index (χ4n) is 2.97. The van der Waals surface area contributed by atoms with Gasteiger partial charge in [-0.15, -0.1) is 0 Å². The Bertz CT molecular complexity index is 443. The molecule has 1 saturated carbocycles. The van der Waals surface area contributed by atoms with E-state index >= 15 is 0 Å². The summed E-state index contributed by atoms with van der Waals surface area (Å²) in [6, 6.07) is 6.99. The number of benzene rings is 1. The first-order valence-electron chi connectivity index (χ1n) is 6.70. The summed E-state index contributed by atoms with van der Waals surface area (Å²) in [4.78, 5) is 11.1. The Balaban J connectivity index is 2.37. The molecule has 0 heterocycles. The van der Waals surface area contributed by atoms with Gasteiger partial charge in [0.1, 0.15) is 12.4 Å². The largest absolute Gasteiger partial charge is 0.388 e. The topological polar surface area (TPSA) is 72.5 Å². The van der Waals surface area contributed by atoms with E-state index in [1.165, 1.54) is 7.11 Å². The lowest BCUT2D eigenvalue weighted by molar-refractivity contribution is -0.126. The van der Waals surface area contributed by atoms with Gasteiger partial charge >= 0.3 is 0 Å². The summed E-state index contributed by atoms with van der Waals surface area (Å²) in [5.41, 5.74) is 5.97. The molecule has 2 rings (SSSR count). The zero-order valence-corrected chi connectivity index (χ0v) is 11.2. The normalized spacial score (nSPS) is 21.0. The van der Waals surface area contributed by atoms with Gasteiger partial charge in [0.05, 0.1) is 0 Å². The van der Waals surface area contributed by atoms with Crippen molar-refractivity contribution in [3.8, 4) is 0 Å². The van der Waals surface area contributed by atoms with Crippen LogP contribution in [0.5, 0.6) is 0 Å². The van der Waals surface area contributed by atoms with Gasteiger partial charge in [0.15, 0.2) is 5.72 Å². The second-order valence-electron chi connectivity index (χ2n) is 5.19. The predicted octanol–water partition coefficient (Wildman–Crippen LogP) is 1.81. The molecule has 0 radical (unpaired) electrons. The summed E-state index contributed by atoms with van der Waals surface area (Å²) >= 11 is 0. The van der Waals surface area contributed by atoms with Crippen LogP contribution in [0.4, 0.5) is 0 Å². The van der Waals surface area contributed by atoms with E-state index in [1.807, 2.05) is 0 Å². The van der Waals surface area contributed by atoms with E-state index in [4.69, 9.17) is 10.5 Å². The number of aliphatic hydroxyl groups is 1. The standard InChI is InChI=1S/C15H21NO3/c1-19-15(16,14(18)11-6-2-3-7-11)13-9-5-4-8-12(13)10-17/h4-5,8-11,14,18H,2-3,6-7,16H2,1H3/t14-,15-/m0/s1. The molecule has 0 saturated heterocycles. The number of hydrogen-bond acceptors (Lipinski definition) is 4. The highest BCUT2D eigenvalue weighted by molar-refractivity contribution is 5.77. The van der Waals surface area contributed by atoms with Crippen LogP contribution in [-0.2, 0) is 10.5 Å². The van der Waals surface area contributed by atoms with Crippen LogP contribution in [0.3, 0.4) is 0 Å². The third-order valence-electron chi connectivity index (χ3n) is 4.13. The summed E-state index contributed by atoms with van der Waals surface area (Å²) in [7, 11) is 1.47. The Labute approximate surface area is 113 Å². The van der Waals surface area contributed by atoms with Crippen molar-refractivity contribution in [1.29, 1.82) is 0 Å². The summed E-state index contributed by atoms with van der Waals surface area (Å²) in [6.07, 6.45) is 4.06. The highest BCUT2D eigenvalue weighted by Crippen LogP contribution is 2.36. The van der Waals surface area contributed by atoms with Gasteiger partial charge < -0.3 is 9.84 Å². The first-order chi connectivity index (χ1) is 9.13. The highest BCUT2D eigenvalue weighted by Gasteiger charge is 2.42. The van der Waals surface area contributed by atoms with Gasteiger partial charge in [-0.1, -0.05) is 37.1 Å². The third kappa shape index (κ3) is 2.56. The van der Waals surface area contributed by atoms with E-state index in [-0.39, 0.29) is 5.92 Å². The minimum absolute atomic E-state index is 0.129. The highest BCUT2D eigenvalue weighted by atomic mass is 16.5. The molecule has 1 aromatic carbocycles. The van der Waals surface area contributed by atoms with Crippen LogP contribution >= 0.6 is 0 Å². The maximum atomic E-state index is 11.1. The quantitative estimate of drug-likeness (QED) is 0.627. The van der Waals surface area contributed by atoms with Gasteiger partial charge in [-0.25, -0.2) is 0 Å². The molecule has 0 bridgehead atoms. The number of rotatable bonds is 5. The van der Waals surface area contributed by atoms with E-state index in [2.05, 4.69) is 0 Å². The Morgan fingerprint density at radius 2 is 2.05 bits per heavy atom. The average molecular weight is 263 g/mol. The summed E-state index contributed by atoms with van der Waals surface area (Å²) in [5, 5.41) is 10.6. The number of aldehydes is 1. The first-order valence-corrected chi connectivity index (χ1v) is 6.70.